The van der Waals surface area contributed by atoms with Crippen molar-refractivity contribution in [2.75, 3.05) is 43.7 Å². The summed E-state index contributed by atoms with van der Waals surface area (Å²) in [6.07, 6.45) is 0. The van der Waals surface area contributed by atoms with Gasteiger partial charge in [0.2, 0.25) is 0 Å². The molecule has 2 amide bonds. The fourth-order valence-corrected chi connectivity index (χ4v) is 2.39. The second kappa shape index (κ2) is 10.8. The zero-order valence-electron chi connectivity index (χ0n) is 16.7. The number of rotatable bonds is 5. The molecule has 0 bridgehead atoms. The number of amides is 2. The van der Waals surface area contributed by atoms with Gasteiger partial charge in [0.15, 0.2) is 0 Å². The Morgan fingerprint density at radius 1 is 0.966 bits per heavy atom. The largest absolute Gasteiger partial charge is 1.00 e. The first-order valence-corrected chi connectivity index (χ1v) is 8.14. The van der Waals surface area contributed by atoms with Crippen molar-refractivity contribution in [3.8, 4) is 0 Å². The molecular weight excluding hydrogens is 400 g/mol. The first kappa shape index (κ1) is 25.6. The average molecular weight is 425 g/mol. The maximum absolute atomic E-state index is 11.1. The standard InChI is InChI=1S/C9H11N3O3.C9H13N3O.ClH/c1-11(2)8-4-3-6(12(14)15)5-7(8)9(10)13;1-12(2)8-4-3-6(10)5-7(8)9(11)13;/h3-5H,1-2H3,(H2,10,13);3-5H,10H2,1-2H3,(H2,11,13);1H. The summed E-state index contributed by atoms with van der Waals surface area (Å²) in [7, 11) is 7.21. The molecule has 10 nitrogen and oxygen atoms in total. The van der Waals surface area contributed by atoms with Crippen molar-refractivity contribution >= 4 is 34.6 Å². The predicted octanol–water partition coefficient (Wildman–Crippen LogP) is -2.52. The third-order valence-corrected chi connectivity index (χ3v) is 3.74. The quantitative estimate of drug-likeness (QED) is 0.271. The number of nitrogens with two attached hydrogens (primary N) is 2. The summed E-state index contributed by atoms with van der Waals surface area (Å²) < 4.78 is 0. The first-order valence-electron chi connectivity index (χ1n) is 8.14. The molecule has 2 aromatic rings. The van der Waals surface area contributed by atoms with E-state index in [1.54, 1.807) is 31.1 Å². The Morgan fingerprint density at radius 3 is 1.86 bits per heavy atom. The van der Waals surface area contributed by atoms with Crippen LogP contribution in [0.25, 0.3) is 0 Å². The van der Waals surface area contributed by atoms with Crippen LogP contribution < -0.4 is 39.4 Å². The van der Waals surface area contributed by atoms with Gasteiger partial charge in [0, 0.05) is 51.7 Å². The van der Waals surface area contributed by atoms with Gasteiger partial charge in [-0.15, -0.1) is 0 Å². The molecular formula is C18H25ClN6O4. The Morgan fingerprint density at radius 2 is 1.45 bits per heavy atom. The third-order valence-electron chi connectivity index (χ3n) is 3.74. The highest BCUT2D eigenvalue weighted by atomic mass is 35.5. The van der Waals surface area contributed by atoms with E-state index >= 15 is 0 Å². The molecule has 2 aromatic carbocycles. The number of hydrogen-bond acceptors (Lipinski definition) is 7. The highest BCUT2D eigenvalue weighted by Crippen LogP contribution is 2.23. The first-order chi connectivity index (χ1) is 13.0. The summed E-state index contributed by atoms with van der Waals surface area (Å²) in [5.74, 6) is -0.890. The number of carbonyl (C=O) groups excluding carboxylic acids is 2. The highest BCUT2D eigenvalue weighted by molar-refractivity contribution is 5.99. The van der Waals surface area contributed by atoms with Gasteiger partial charge in [0.1, 0.15) is 5.56 Å². The number of carbonyl (C=O) groups is 2. The summed E-state index contributed by atoms with van der Waals surface area (Å²) in [6, 6.07) is 9.23. The molecule has 0 saturated carbocycles. The number of halogens is 1. The molecule has 0 atom stereocenters. The maximum Gasteiger partial charge on any atom is 0.343 e. The van der Waals surface area contributed by atoms with Crippen LogP contribution in [0.4, 0.5) is 22.7 Å². The second-order valence-corrected chi connectivity index (χ2v) is 6.31. The monoisotopic (exact) mass is 424 g/mol. The molecule has 0 heterocycles. The summed E-state index contributed by atoms with van der Waals surface area (Å²) in [5.41, 5.74) is 16.6. The Labute approximate surface area is 174 Å². The minimum absolute atomic E-state index is 0. The van der Waals surface area contributed by atoms with Gasteiger partial charge < -0.3 is 33.7 Å². The molecule has 0 fully saturated rings. The fraction of sp³-hybridized carbons (Fsp3) is 0.222. The van der Waals surface area contributed by atoms with E-state index in [2.05, 4.69) is 5.73 Å². The van der Waals surface area contributed by atoms with Crippen LogP contribution in [0.2, 0.25) is 0 Å². The normalized spacial score (nSPS) is 9.41. The molecule has 158 valence electrons. The molecule has 0 spiro atoms. The van der Waals surface area contributed by atoms with Crippen LogP contribution in [0, 0.1) is 10.1 Å². The molecule has 0 saturated heterocycles. The van der Waals surface area contributed by atoms with E-state index in [1.807, 2.05) is 25.1 Å². The SMILES string of the molecule is CN(C)c1ccc(N)cc1C([NH3+])=O.CN(C)c1ccc([N+](=O)[O-])cc1C(N)=O.[Cl-]. The number of hydrogen-bond donors (Lipinski definition) is 3. The number of non-ortho nitro benzene ring substituents is 1. The van der Waals surface area contributed by atoms with E-state index in [4.69, 9.17) is 11.5 Å². The number of nitro groups is 1. The van der Waals surface area contributed by atoms with E-state index in [9.17, 15) is 19.7 Å². The highest BCUT2D eigenvalue weighted by Gasteiger charge is 2.15. The van der Waals surface area contributed by atoms with Gasteiger partial charge in [0.25, 0.3) is 11.6 Å². The zero-order valence-corrected chi connectivity index (χ0v) is 17.4. The molecule has 0 aliphatic carbocycles. The van der Waals surface area contributed by atoms with Crippen molar-refractivity contribution in [3.63, 3.8) is 0 Å². The average Bonchev–Trinajstić information content (AvgIpc) is 2.61. The fourth-order valence-electron chi connectivity index (χ4n) is 2.39. The van der Waals surface area contributed by atoms with E-state index in [0.29, 0.717) is 16.9 Å². The summed E-state index contributed by atoms with van der Waals surface area (Å²) in [4.78, 5) is 35.7. The zero-order chi connectivity index (χ0) is 21.6. The van der Waals surface area contributed by atoms with Crippen molar-refractivity contribution in [1.82, 2.24) is 0 Å². The van der Waals surface area contributed by atoms with Crippen molar-refractivity contribution in [3.05, 3.63) is 57.6 Å². The lowest BCUT2D eigenvalue weighted by molar-refractivity contribution is -0.384. The van der Waals surface area contributed by atoms with Crippen LogP contribution in [0.5, 0.6) is 0 Å². The van der Waals surface area contributed by atoms with Gasteiger partial charge in [-0.25, -0.2) is 4.79 Å². The van der Waals surface area contributed by atoms with Gasteiger partial charge >= 0.3 is 5.91 Å². The molecule has 0 aliphatic rings. The molecule has 2 rings (SSSR count). The Bertz CT molecular complexity index is 902. The minimum Gasteiger partial charge on any atom is -1.00 e. The Balaban J connectivity index is 0.000000527. The van der Waals surface area contributed by atoms with Crippen molar-refractivity contribution in [2.45, 2.75) is 0 Å². The van der Waals surface area contributed by atoms with Gasteiger partial charge in [-0.1, -0.05) is 0 Å². The topological polar surface area (TPSA) is 163 Å². The van der Waals surface area contributed by atoms with Crippen LogP contribution in [-0.4, -0.2) is 44.9 Å². The molecule has 0 aromatic heterocycles. The lowest BCUT2D eigenvalue weighted by Gasteiger charge is -2.15. The Hall–Kier alpha value is -3.37. The number of quaternary nitrogens is 1. The molecule has 11 heteroatoms. The van der Waals surface area contributed by atoms with Crippen LogP contribution >= 0.6 is 0 Å². The Kier molecular flexibility index (Phi) is 9.57. The maximum atomic E-state index is 11.1. The number of nitro benzene ring substituents is 1. The predicted molar refractivity (Wildman–Crippen MR) is 108 cm³/mol. The van der Waals surface area contributed by atoms with Crippen molar-refractivity contribution in [1.29, 1.82) is 0 Å². The van der Waals surface area contributed by atoms with E-state index < -0.39 is 10.8 Å². The second-order valence-electron chi connectivity index (χ2n) is 6.31. The molecule has 7 N–H and O–H groups in total. The van der Waals surface area contributed by atoms with Gasteiger partial charge in [-0.05, 0) is 24.3 Å². The lowest BCUT2D eigenvalue weighted by atomic mass is 10.1. The summed E-state index contributed by atoms with van der Waals surface area (Å²) in [6.45, 7) is 0. The van der Waals surface area contributed by atoms with E-state index in [0.717, 1.165) is 5.69 Å². The number of anilines is 3. The number of primary amides is 1. The molecule has 29 heavy (non-hydrogen) atoms. The number of nitrogens with zero attached hydrogens (tertiary/aromatic N) is 3. The number of nitrogen functional groups attached to an aromatic ring is 1. The summed E-state index contributed by atoms with van der Waals surface area (Å²) >= 11 is 0. The third kappa shape index (κ3) is 6.94. The van der Waals surface area contributed by atoms with Crippen molar-refractivity contribution < 1.29 is 32.7 Å². The van der Waals surface area contributed by atoms with Gasteiger partial charge in [-0.3, -0.25) is 20.6 Å². The van der Waals surface area contributed by atoms with Crippen molar-refractivity contribution in [2.24, 2.45) is 5.73 Å². The molecule has 0 radical (unpaired) electrons. The van der Waals surface area contributed by atoms with E-state index in [1.165, 1.54) is 18.2 Å². The smallest absolute Gasteiger partial charge is 0.343 e. The van der Waals surface area contributed by atoms with Gasteiger partial charge in [-0.2, -0.15) is 0 Å². The summed E-state index contributed by atoms with van der Waals surface area (Å²) in [5, 5.41) is 10.5. The van der Waals surface area contributed by atoms with Crippen LogP contribution in [0.1, 0.15) is 20.7 Å². The van der Waals surface area contributed by atoms with Gasteiger partial charge in [0.05, 0.1) is 16.2 Å². The molecule has 0 aliphatic heterocycles. The van der Waals surface area contributed by atoms with E-state index in [-0.39, 0.29) is 29.6 Å². The lowest BCUT2D eigenvalue weighted by Crippen LogP contribution is -3.00. The number of benzene rings is 2. The van der Waals surface area contributed by atoms with Crippen LogP contribution in [0.15, 0.2) is 36.4 Å². The minimum atomic E-state index is -0.678. The van der Waals surface area contributed by atoms with Crippen LogP contribution in [0.3, 0.4) is 0 Å². The van der Waals surface area contributed by atoms with Crippen LogP contribution in [-0.2, 0) is 0 Å². The molecule has 0 unspecified atom stereocenters.